The van der Waals surface area contributed by atoms with E-state index in [0.717, 1.165) is 39.6 Å². The number of aromatic nitrogens is 1. The molecule has 0 saturated carbocycles. The predicted molar refractivity (Wildman–Crippen MR) is 91.9 cm³/mol. The lowest BCUT2D eigenvalue weighted by Gasteiger charge is -2.12. The molecule has 0 bridgehead atoms. The number of ether oxygens (including phenoxy) is 1. The van der Waals surface area contributed by atoms with Crippen LogP contribution in [0.4, 0.5) is 0 Å². The van der Waals surface area contributed by atoms with Gasteiger partial charge in [-0.3, -0.25) is 0 Å². The lowest BCUT2D eigenvalue weighted by molar-refractivity contribution is 0.0683. The van der Waals surface area contributed by atoms with Gasteiger partial charge in [-0.05, 0) is 69.0 Å². The second kappa shape index (κ2) is 7.09. The molecule has 1 aromatic carbocycles. The first-order chi connectivity index (χ1) is 10.8. The summed E-state index contributed by atoms with van der Waals surface area (Å²) >= 11 is 6.14. The lowest BCUT2D eigenvalue weighted by atomic mass is 10.1. The Hall–Kier alpha value is -1.94. The number of hydrogen-bond donors (Lipinski definition) is 1. The summed E-state index contributed by atoms with van der Waals surface area (Å²) in [4.78, 5) is 11.4. The number of nitrogens with zero attached hydrogens (tertiary/aromatic N) is 1. The second-order valence-electron chi connectivity index (χ2n) is 5.85. The number of halogens is 1. The normalized spacial score (nSPS) is 10.8. The molecule has 0 amide bonds. The minimum atomic E-state index is -0.888. The van der Waals surface area contributed by atoms with Crippen molar-refractivity contribution in [3.63, 3.8) is 0 Å². The average Bonchev–Trinajstić information content (AvgIpc) is 2.75. The van der Waals surface area contributed by atoms with E-state index in [9.17, 15) is 9.90 Å². The summed E-state index contributed by atoms with van der Waals surface area (Å²) < 4.78 is 7.60. The van der Waals surface area contributed by atoms with Crippen molar-refractivity contribution in [1.82, 2.24) is 4.57 Å². The second-order valence-corrected chi connectivity index (χ2v) is 6.23. The molecule has 5 heteroatoms. The summed E-state index contributed by atoms with van der Waals surface area (Å²) in [6.07, 6.45) is 0.732. The van der Waals surface area contributed by atoms with Gasteiger partial charge in [0.2, 0.25) is 0 Å². The molecule has 4 nitrogen and oxygen atoms in total. The molecule has 2 aromatic rings. The molecule has 2 rings (SSSR count). The van der Waals surface area contributed by atoms with Crippen LogP contribution >= 0.6 is 11.6 Å². The maximum Gasteiger partial charge on any atom is 0.352 e. The summed E-state index contributed by atoms with van der Waals surface area (Å²) in [6, 6.07) is 5.74. The molecule has 0 spiro atoms. The largest absolute Gasteiger partial charge is 0.494 e. The first-order valence-electron chi connectivity index (χ1n) is 7.61. The zero-order valence-corrected chi connectivity index (χ0v) is 14.7. The van der Waals surface area contributed by atoms with Gasteiger partial charge in [0, 0.05) is 17.3 Å². The maximum absolute atomic E-state index is 11.4. The van der Waals surface area contributed by atoms with Gasteiger partial charge >= 0.3 is 5.97 Å². The van der Waals surface area contributed by atoms with E-state index in [2.05, 4.69) is 0 Å². The van der Waals surface area contributed by atoms with Gasteiger partial charge in [0.05, 0.1) is 6.61 Å². The molecule has 1 aromatic heterocycles. The summed E-state index contributed by atoms with van der Waals surface area (Å²) in [6.45, 7) is 8.79. The van der Waals surface area contributed by atoms with Gasteiger partial charge in [-0.25, -0.2) is 4.79 Å². The molecule has 23 heavy (non-hydrogen) atoms. The van der Waals surface area contributed by atoms with Crippen molar-refractivity contribution in [3.8, 4) is 5.75 Å². The summed E-state index contributed by atoms with van der Waals surface area (Å²) in [5.41, 5.74) is 4.09. The Kier molecular flexibility index (Phi) is 5.37. The topological polar surface area (TPSA) is 51.5 Å². The first kappa shape index (κ1) is 17.4. The molecule has 0 aliphatic carbocycles. The van der Waals surface area contributed by atoms with Gasteiger partial charge in [0.1, 0.15) is 11.4 Å². The van der Waals surface area contributed by atoms with Crippen LogP contribution in [-0.4, -0.2) is 22.2 Å². The highest BCUT2D eigenvalue weighted by molar-refractivity contribution is 6.32. The highest BCUT2D eigenvalue weighted by Crippen LogP contribution is 2.26. The molecule has 0 aliphatic rings. The minimum Gasteiger partial charge on any atom is -0.494 e. The van der Waals surface area contributed by atoms with Crippen molar-refractivity contribution in [3.05, 3.63) is 51.3 Å². The highest BCUT2D eigenvalue weighted by atomic mass is 35.5. The third-order valence-electron chi connectivity index (χ3n) is 3.90. The fourth-order valence-electron chi connectivity index (χ4n) is 2.82. The Bertz CT molecular complexity index is 711. The number of carboxylic acid groups (broad SMARTS) is 1. The predicted octanol–water partition coefficient (Wildman–Crippen LogP) is 4.54. The van der Waals surface area contributed by atoms with Crippen LogP contribution in [0.15, 0.2) is 18.2 Å². The van der Waals surface area contributed by atoms with Gasteiger partial charge in [-0.15, -0.1) is 0 Å². The van der Waals surface area contributed by atoms with E-state index >= 15 is 0 Å². The monoisotopic (exact) mass is 335 g/mol. The van der Waals surface area contributed by atoms with Crippen LogP contribution in [0.5, 0.6) is 5.75 Å². The van der Waals surface area contributed by atoms with Crippen LogP contribution in [0.1, 0.15) is 39.3 Å². The minimum absolute atomic E-state index is 0.362. The van der Waals surface area contributed by atoms with Gasteiger partial charge in [-0.1, -0.05) is 11.6 Å². The fraction of sp³-hybridized carbons (Fsp3) is 0.389. The van der Waals surface area contributed by atoms with Crippen LogP contribution in [0.3, 0.4) is 0 Å². The highest BCUT2D eigenvalue weighted by Gasteiger charge is 2.15. The van der Waals surface area contributed by atoms with Gasteiger partial charge in [-0.2, -0.15) is 0 Å². The van der Waals surface area contributed by atoms with E-state index in [0.29, 0.717) is 18.8 Å². The van der Waals surface area contributed by atoms with Crippen LogP contribution in [0, 0.1) is 27.7 Å². The number of hydrogen-bond acceptors (Lipinski definition) is 2. The van der Waals surface area contributed by atoms with E-state index in [1.165, 1.54) is 0 Å². The quantitative estimate of drug-likeness (QED) is 0.788. The molecule has 1 heterocycles. The Morgan fingerprint density at radius 1 is 1.13 bits per heavy atom. The average molecular weight is 336 g/mol. The Balaban J connectivity index is 1.98. The van der Waals surface area contributed by atoms with Crippen molar-refractivity contribution < 1.29 is 14.6 Å². The van der Waals surface area contributed by atoms with E-state index in [1.807, 2.05) is 50.5 Å². The number of benzene rings is 1. The molecular weight excluding hydrogens is 314 g/mol. The van der Waals surface area contributed by atoms with E-state index in [4.69, 9.17) is 16.3 Å². The van der Waals surface area contributed by atoms with Gasteiger partial charge in [0.25, 0.3) is 0 Å². The van der Waals surface area contributed by atoms with Gasteiger partial charge in [0.15, 0.2) is 0 Å². The van der Waals surface area contributed by atoms with Crippen molar-refractivity contribution >= 4 is 17.6 Å². The van der Waals surface area contributed by atoms with Crippen molar-refractivity contribution in [1.29, 1.82) is 0 Å². The van der Waals surface area contributed by atoms with Crippen molar-refractivity contribution in [2.24, 2.45) is 0 Å². The van der Waals surface area contributed by atoms with E-state index < -0.39 is 5.97 Å². The summed E-state index contributed by atoms with van der Waals surface area (Å²) in [7, 11) is 0. The molecular formula is C18H22ClNO3. The molecule has 0 saturated heterocycles. The third kappa shape index (κ3) is 3.88. The number of carbonyl (C=O) groups is 1. The zero-order valence-electron chi connectivity index (χ0n) is 13.9. The van der Waals surface area contributed by atoms with Crippen LogP contribution in [0.25, 0.3) is 0 Å². The molecule has 0 aliphatic heterocycles. The van der Waals surface area contributed by atoms with Crippen molar-refractivity contribution in [2.75, 3.05) is 6.61 Å². The number of rotatable bonds is 6. The third-order valence-corrected chi connectivity index (χ3v) is 4.50. The molecule has 124 valence electrons. The molecule has 0 fully saturated rings. The lowest BCUT2D eigenvalue weighted by Crippen LogP contribution is -2.13. The van der Waals surface area contributed by atoms with Gasteiger partial charge < -0.3 is 14.4 Å². The number of aromatic carboxylic acids is 1. The Morgan fingerprint density at radius 2 is 1.74 bits per heavy atom. The Labute approximate surface area is 141 Å². The summed E-state index contributed by atoms with van der Waals surface area (Å²) in [5.74, 6) is -0.0938. The molecule has 0 atom stereocenters. The maximum atomic E-state index is 11.4. The van der Waals surface area contributed by atoms with Crippen molar-refractivity contribution in [2.45, 2.75) is 40.7 Å². The zero-order chi connectivity index (χ0) is 17.1. The standard InChI is InChI=1S/C18H22ClNO3/c1-11-9-15(10-12(2)16(11)19)23-7-5-6-20-14(4)8-13(3)17(20)18(21)22/h8-10H,5-7H2,1-4H3,(H,21,22). The van der Waals surface area contributed by atoms with Crippen LogP contribution < -0.4 is 4.74 Å². The molecule has 0 radical (unpaired) electrons. The van der Waals surface area contributed by atoms with E-state index in [-0.39, 0.29) is 0 Å². The Morgan fingerprint density at radius 3 is 2.30 bits per heavy atom. The smallest absolute Gasteiger partial charge is 0.352 e. The fourth-order valence-corrected chi connectivity index (χ4v) is 2.93. The summed E-state index contributed by atoms with van der Waals surface area (Å²) in [5, 5.41) is 10.1. The van der Waals surface area contributed by atoms with Crippen LogP contribution in [-0.2, 0) is 6.54 Å². The molecule has 1 N–H and O–H groups in total. The SMILES string of the molecule is Cc1cc(OCCCn2c(C)cc(C)c2C(=O)O)cc(C)c1Cl. The number of carboxylic acids is 1. The molecule has 0 unspecified atom stereocenters. The number of aryl methyl sites for hydroxylation is 4. The first-order valence-corrected chi connectivity index (χ1v) is 7.98. The van der Waals surface area contributed by atoms with Crippen LogP contribution in [0.2, 0.25) is 5.02 Å². The van der Waals surface area contributed by atoms with E-state index in [1.54, 1.807) is 0 Å².